The van der Waals surface area contributed by atoms with Crippen molar-refractivity contribution in [2.24, 2.45) is 10.1 Å². The molecule has 1 amide bonds. The van der Waals surface area contributed by atoms with Crippen LogP contribution in [0.2, 0.25) is 0 Å². The van der Waals surface area contributed by atoms with Gasteiger partial charge in [-0.2, -0.15) is 35.6 Å². The number of fused-ring (bicyclic) bond motifs is 3. The SMILES string of the molecule is C1CCC2=NCCCN2CC1.CCN(CC)CC.CN(C)S(=O)(=O)NC(=O)c1cc(N2CCC(N3CCCCC3)CC2)c2c(C3CCC3)nn(-c3ccccc3)c2n1.CN(C)S(N)(=O)=O.O=C(O)c1cc(N2CCC(N3CCCCC3)CC2)c2c(C3CCC3)nn(-c3ccccc3)c2n1.O=C(n1ccnc1)n1ccnc1. The minimum atomic E-state index is -3.97. The molecule has 0 radical (unpaired) electrons. The van der Waals surface area contributed by atoms with Gasteiger partial charge in [0.1, 0.15) is 18.3 Å². The van der Waals surface area contributed by atoms with Gasteiger partial charge in [0.25, 0.3) is 16.1 Å². The van der Waals surface area contributed by atoms with Crippen LogP contribution in [-0.4, -0.2) is 254 Å². The van der Waals surface area contributed by atoms with Gasteiger partial charge in [0, 0.05) is 129 Å². The smallest absolute Gasteiger partial charge is 0.354 e. The number of rotatable bonds is 16. The van der Waals surface area contributed by atoms with Crippen molar-refractivity contribution in [3.8, 4) is 11.4 Å². The standard InChI is InChI=1S/C29H39N7O3S.C27H33N5O2.C9H16N2.C7H6N4O.C6H15N.C2H8N2O2S/c1-33(2)40(38,39)32-29(37)24-20-25(35-18-14-22(15-19-35)34-16-7-4-8-17-34)26-27(21-10-9-11-21)31-36(28(26)30-24)23-12-5-3-6-13-23;33-27(34)22-18-23(31-16-12-20(13-17-31)30-14-5-2-6-15-30)24-25(19-8-7-9-19)29-32(26(24)28-22)21-10-3-1-4-11-21;1-2-5-9-10-6-4-8-11(9)7-3-1;12-7(10-3-1-8-5-10)11-4-2-9-6-11;1-4-7(5-2)6-3;1-4(2)7(3,5)6/h3,5-6,12-13,20-22H,4,7-11,14-19H2,1-2H3,(H,32,37);1,3-4,10-11,18-20H,2,5-9,12-17H2,(H,33,34);1-8H2;1-6H;4-6H2,1-3H3;1-2H3,(H2,3,5,6). The molecule has 111 heavy (non-hydrogen) atoms. The molecule has 2 aromatic carbocycles. The number of aromatic nitrogens is 10. The van der Waals surface area contributed by atoms with E-state index < -0.39 is 32.3 Å². The van der Waals surface area contributed by atoms with E-state index in [4.69, 9.17) is 15.2 Å². The Morgan fingerprint density at radius 3 is 1.33 bits per heavy atom. The molecule has 6 aromatic heterocycles. The summed E-state index contributed by atoms with van der Waals surface area (Å²) in [5.74, 6) is 0.444. The second-order valence-corrected chi connectivity index (χ2v) is 33.9. The molecule has 8 aliphatic rings. The van der Waals surface area contributed by atoms with E-state index in [0.717, 1.165) is 138 Å². The summed E-state index contributed by atoms with van der Waals surface area (Å²) in [5, 5.41) is 26.6. The number of hydrogen-bond acceptors (Lipinski definition) is 20. The van der Waals surface area contributed by atoms with Gasteiger partial charge in [0.2, 0.25) is 0 Å². The molecule has 0 unspecified atom stereocenters. The minimum absolute atomic E-state index is 0.0725. The molecule has 31 heteroatoms. The summed E-state index contributed by atoms with van der Waals surface area (Å²) < 4.78 is 55.6. The molecule has 4 N–H and O–H groups in total. The van der Waals surface area contributed by atoms with Gasteiger partial charge in [-0.05, 0) is 179 Å². The second kappa shape index (κ2) is 39.8. The number of para-hydroxylation sites is 2. The maximum atomic E-state index is 13.3. The Morgan fingerprint density at radius 2 is 0.946 bits per heavy atom. The fourth-order valence-electron chi connectivity index (χ4n) is 15.7. The monoisotopic (exact) mass is 1560 g/mol. The third-order valence-electron chi connectivity index (χ3n) is 22.7. The first kappa shape index (κ1) is 83.4. The number of nitrogens with two attached hydrogens (primary N) is 1. The maximum Gasteiger partial charge on any atom is 0.354 e. The molecule has 6 aliphatic heterocycles. The summed E-state index contributed by atoms with van der Waals surface area (Å²) in [5.41, 5.74) is 7.25. The van der Waals surface area contributed by atoms with Gasteiger partial charge >= 0.3 is 22.2 Å². The molecule has 12 heterocycles. The van der Waals surface area contributed by atoms with Gasteiger partial charge in [0.05, 0.1) is 50.7 Å². The lowest BCUT2D eigenvalue weighted by Crippen LogP contribution is -2.47. The Balaban J connectivity index is 0.000000152. The number of likely N-dealkylation sites (tertiary alicyclic amines) is 2. The number of nitrogens with zero attached hydrogens (tertiary/aromatic N) is 19. The van der Waals surface area contributed by atoms with E-state index in [2.05, 4.69) is 80.0 Å². The van der Waals surface area contributed by atoms with Crippen LogP contribution in [0.3, 0.4) is 0 Å². The first-order chi connectivity index (χ1) is 53.6. The van der Waals surface area contributed by atoms with Crippen LogP contribution in [0.25, 0.3) is 33.4 Å². The number of carbonyl (C=O) groups excluding carboxylic acids is 2. The summed E-state index contributed by atoms with van der Waals surface area (Å²) in [7, 11) is -1.86. The lowest BCUT2D eigenvalue weighted by atomic mass is 9.82. The Bertz CT molecular complexity index is 4490. The van der Waals surface area contributed by atoms with Crippen LogP contribution in [0.1, 0.15) is 200 Å². The van der Waals surface area contributed by atoms with Crippen molar-refractivity contribution in [1.82, 2.24) is 81.6 Å². The van der Waals surface area contributed by atoms with Crippen LogP contribution in [-0.2, 0) is 20.4 Å². The number of hydrogen-bond donors (Lipinski definition) is 3. The highest BCUT2D eigenvalue weighted by molar-refractivity contribution is 7.87. The summed E-state index contributed by atoms with van der Waals surface area (Å²) in [6.45, 7) is 22.2. The van der Waals surface area contributed by atoms with Crippen LogP contribution in [0.4, 0.5) is 16.2 Å². The van der Waals surface area contributed by atoms with E-state index in [0.29, 0.717) is 35.2 Å². The zero-order valence-corrected chi connectivity index (χ0v) is 67.8. The van der Waals surface area contributed by atoms with Crippen LogP contribution < -0.4 is 19.7 Å². The predicted octanol–water partition coefficient (Wildman–Crippen LogP) is 10.9. The predicted molar refractivity (Wildman–Crippen MR) is 437 cm³/mol. The van der Waals surface area contributed by atoms with E-state index in [-0.39, 0.29) is 17.4 Å². The Hall–Kier alpha value is -8.56. The Morgan fingerprint density at radius 1 is 0.523 bits per heavy atom. The molecule has 0 atom stereocenters. The number of carbonyl (C=O) groups is 3. The highest BCUT2D eigenvalue weighted by Crippen LogP contribution is 2.45. The number of piperidine rings is 4. The Labute approximate surface area is 655 Å². The summed E-state index contributed by atoms with van der Waals surface area (Å²) in [6.07, 6.45) is 34.9. The first-order valence-corrected chi connectivity index (χ1v) is 43.2. The van der Waals surface area contributed by atoms with Crippen molar-refractivity contribution < 1.29 is 36.3 Å². The van der Waals surface area contributed by atoms with E-state index in [9.17, 15) is 36.3 Å². The molecule has 29 nitrogen and oxygen atoms in total. The topological polar surface area (TPSA) is 313 Å². The highest BCUT2D eigenvalue weighted by atomic mass is 32.2. The quantitative estimate of drug-likeness (QED) is 0.0809. The van der Waals surface area contributed by atoms with Crippen molar-refractivity contribution in [3.63, 3.8) is 0 Å². The van der Waals surface area contributed by atoms with E-state index in [1.807, 2.05) is 70.0 Å². The molecule has 8 aromatic rings. The fourth-order valence-corrected chi connectivity index (χ4v) is 16.2. The number of nitrogens with one attached hydrogen (secondary N) is 1. The largest absolute Gasteiger partial charge is 0.477 e. The van der Waals surface area contributed by atoms with Gasteiger partial charge in [-0.1, -0.05) is 89.3 Å². The lowest BCUT2D eigenvalue weighted by molar-refractivity contribution is 0.0690. The number of anilines is 2. The average molecular weight is 1570 g/mol. The van der Waals surface area contributed by atoms with E-state index >= 15 is 0 Å². The summed E-state index contributed by atoms with van der Waals surface area (Å²) in [6, 6.07) is 24.4. The third-order valence-corrected chi connectivity index (χ3v) is 25.1. The van der Waals surface area contributed by atoms with Crippen molar-refractivity contribution in [1.29, 1.82) is 0 Å². The number of benzene rings is 2. The van der Waals surface area contributed by atoms with Crippen LogP contribution in [0.5, 0.6) is 0 Å². The number of amidine groups is 1. The van der Waals surface area contributed by atoms with Crippen molar-refractivity contribution in [2.45, 2.75) is 180 Å². The van der Waals surface area contributed by atoms with E-state index in [1.165, 1.54) is 198 Å². The minimum Gasteiger partial charge on any atom is -0.477 e. The van der Waals surface area contributed by atoms with Crippen molar-refractivity contribution in [3.05, 3.63) is 133 Å². The first-order valence-electron chi connectivity index (χ1n) is 40.3. The number of carboxylic acids is 1. The number of aromatic carboxylic acids is 1. The van der Waals surface area contributed by atoms with Crippen molar-refractivity contribution >= 4 is 77.6 Å². The molecule has 2 aliphatic carbocycles. The normalized spacial score (nSPS) is 18.4. The molecular weight excluding hydrogens is 1450 g/mol. The zero-order chi connectivity index (χ0) is 78.6. The van der Waals surface area contributed by atoms with Gasteiger partial charge in [-0.15, -0.1) is 0 Å². The van der Waals surface area contributed by atoms with Gasteiger partial charge in [-0.25, -0.2) is 48.7 Å². The van der Waals surface area contributed by atoms with Gasteiger partial charge in [-0.3, -0.25) is 18.9 Å². The summed E-state index contributed by atoms with van der Waals surface area (Å²) in [4.78, 5) is 73.2. The van der Waals surface area contributed by atoms with E-state index in [1.54, 1.807) is 36.9 Å². The number of imidazole rings is 2. The van der Waals surface area contributed by atoms with Crippen LogP contribution >= 0.6 is 0 Å². The summed E-state index contributed by atoms with van der Waals surface area (Å²) >= 11 is 0. The van der Waals surface area contributed by atoms with Crippen LogP contribution in [0.15, 0.2) is 115 Å². The maximum absolute atomic E-state index is 13.3. The molecular formula is C80H117N21O8S2. The second-order valence-electron chi connectivity index (χ2n) is 30.2. The molecule has 0 spiro atoms. The van der Waals surface area contributed by atoms with Crippen LogP contribution in [0, 0.1) is 0 Å². The Kier molecular flexibility index (Phi) is 29.9. The fraction of sp³-hybridized carbons (Fsp3) is 0.575. The number of aliphatic imine (C=N–C) groups is 1. The number of pyridine rings is 2. The van der Waals surface area contributed by atoms with Gasteiger partial charge < -0.3 is 34.5 Å². The molecule has 602 valence electrons. The molecule has 16 rings (SSSR count). The molecule has 7 fully saturated rings. The third kappa shape index (κ3) is 21.6. The number of amides is 1. The zero-order valence-electron chi connectivity index (χ0n) is 66.1. The van der Waals surface area contributed by atoms with Crippen molar-refractivity contribution in [2.75, 3.05) is 130 Å². The lowest BCUT2D eigenvalue weighted by Gasteiger charge is -2.41. The highest BCUT2D eigenvalue weighted by Gasteiger charge is 2.36. The molecule has 0 bridgehead atoms. The number of carboxylic acid groups (broad SMARTS) is 1. The van der Waals surface area contributed by atoms with Gasteiger partial charge in [0.15, 0.2) is 17.0 Å². The average Bonchev–Trinajstić information content (AvgIpc) is 1.61. The molecule has 2 saturated carbocycles. The molecule has 5 saturated heterocycles.